The summed E-state index contributed by atoms with van der Waals surface area (Å²) in [6, 6.07) is 12.2. The van der Waals surface area contributed by atoms with E-state index in [9.17, 15) is 22.8 Å². The minimum atomic E-state index is -3.83. The van der Waals surface area contributed by atoms with E-state index in [-0.39, 0.29) is 48.5 Å². The molecule has 1 saturated heterocycles. The summed E-state index contributed by atoms with van der Waals surface area (Å²) in [5, 5.41) is 2.68. The molecule has 1 N–H and O–H groups in total. The number of hydrogen-bond donors (Lipinski definition) is 1. The molecule has 1 aliphatic heterocycles. The molecule has 174 valence electrons. The number of aromatic nitrogens is 1. The van der Waals surface area contributed by atoms with Crippen LogP contribution in [0.15, 0.2) is 62.6 Å². The smallest absolute Gasteiger partial charge is 0.408 e. The molecule has 2 heterocycles. The van der Waals surface area contributed by atoms with Crippen LogP contribution in [-0.2, 0) is 21.9 Å². The molecule has 1 fully saturated rings. The Bertz CT molecular complexity index is 1350. The lowest BCUT2D eigenvalue weighted by molar-refractivity contribution is -0.134. The Morgan fingerprint density at radius 2 is 1.70 bits per heavy atom. The molecule has 0 radical (unpaired) electrons. The zero-order valence-corrected chi connectivity index (χ0v) is 19.0. The SMILES string of the molecule is C[C@H](NC(=O)c1ccccc1)C(=O)N1CCN(S(=O)(=O)c2ccc3c(c2)oc(=O)n3C)CC1. The summed E-state index contributed by atoms with van der Waals surface area (Å²) < 4.78 is 33.8. The van der Waals surface area contributed by atoms with Crippen LogP contribution >= 0.6 is 0 Å². The fourth-order valence-corrected chi connectivity index (χ4v) is 5.22. The van der Waals surface area contributed by atoms with E-state index in [2.05, 4.69) is 5.32 Å². The highest BCUT2D eigenvalue weighted by atomic mass is 32.2. The molecule has 0 bridgehead atoms. The van der Waals surface area contributed by atoms with E-state index >= 15 is 0 Å². The fraction of sp³-hybridized carbons (Fsp3) is 0.318. The van der Waals surface area contributed by atoms with E-state index in [1.165, 1.54) is 27.1 Å². The first-order valence-corrected chi connectivity index (χ1v) is 11.9. The Morgan fingerprint density at radius 3 is 2.36 bits per heavy atom. The van der Waals surface area contributed by atoms with Crippen molar-refractivity contribution >= 4 is 32.9 Å². The van der Waals surface area contributed by atoms with Gasteiger partial charge in [-0.05, 0) is 31.2 Å². The number of nitrogens with zero attached hydrogens (tertiary/aromatic N) is 3. The first-order chi connectivity index (χ1) is 15.7. The first-order valence-electron chi connectivity index (χ1n) is 10.4. The molecule has 1 atom stereocenters. The largest absolute Gasteiger partial charge is 0.419 e. The van der Waals surface area contributed by atoms with Crippen molar-refractivity contribution < 1.29 is 22.4 Å². The summed E-state index contributed by atoms with van der Waals surface area (Å²) in [5.41, 5.74) is 1.15. The van der Waals surface area contributed by atoms with E-state index in [0.29, 0.717) is 11.1 Å². The number of oxazole rings is 1. The highest BCUT2D eigenvalue weighted by molar-refractivity contribution is 7.89. The van der Waals surface area contributed by atoms with E-state index < -0.39 is 21.8 Å². The minimum absolute atomic E-state index is 0.0209. The number of rotatable bonds is 5. The van der Waals surface area contributed by atoms with E-state index in [1.807, 2.05) is 0 Å². The summed E-state index contributed by atoms with van der Waals surface area (Å²) in [6.07, 6.45) is 0. The summed E-state index contributed by atoms with van der Waals surface area (Å²) >= 11 is 0. The number of aryl methyl sites for hydroxylation is 1. The second-order valence-electron chi connectivity index (χ2n) is 7.85. The van der Waals surface area contributed by atoms with Crippen LogP contribution in [0.25, 0.3) is 11.1 Å². The van der Waals surface area contributed by atoms with E-state index in [0.717, 1.165) is 0 Å². The predicted molar refractivity (Wildman–Crippen MR) is 120 cm³/mol. The van der Waals surface area contributed by atoms with E-state index in [1.54, 1.807) is 49.2 Å². The molecule has 0 saturated carbocycles. The van der Waals surface area contributed by atoms with Crippen molar-refractivity contribution in [1.82, 2.24) is 19.1 Å². The van der Waals surface area contributed by atoms with Crippen molar-refractivity contribution in [2.24, 2.45) is 7.05 Å². The molecule has 4 rings (SSSR count). The van der Waals surface area contributed by atoms with Crippen LogP contribution in [0.4, 0.5) is 0 Å². The Hall–Kier alpha value is -3.44. The number of amides is 2. The molecule has 0 aliphatic carbocycles. The lowest BCUT2D eigenvalue weighted by atomic mass is 10.2. The molecule has 1 aliphatic rings. The van der Waals surface area contributed by atoms with Gasteiger partial charge in [-0.15, -0.1) is 0 Å². The molecule has 1 aromatic heterocycles. The lowest BCUT2D eigenvalue weighted by Gasteiger charge is -2.35. The third kappa shape index (κ3) is 4.41. The molecule has 10 nitrogen and oxygen atoms in total. The number of hydrogen-bond acceptors (Lipinski definition) is 6. The average molecular weight is 473 g/mol. The summed E-state index contributed by atoms with van der Waals surface area (Å²) in [4.78, 5) is 38.3. The zero-order valence-electron chi connectivity index (χ0n) is 18.2. The maximum atomic E-state index is 13.1. The Labute approximate surface area is 190 Å². The van der Waals surface area contributed by atoms with Crippen LogP contribution in [0.1, 0.15) is 17.3 Å². The number of nitrogens with one attached hydrogen (secondary N) is 1. The molecule has 0 spiro atoms. The summed E-state index contributed by atoms with van der Waals surface area (Å²) in [6.45, 7) is 2.24. The number of piperazine rings is 1. The van der Waals surface area contributed by atoms with Gasteiger partial charge in [0.1, 0.15) is 6.04 Å². The van der Waals surface area contributed by atoms with Crippen LogP contribution in [-0.4, -0.2) is 66.2 Å². The van der Waals surface area contributed by atoms with Crippen LogP contribution < -0.4 is 11.1 Å². The van der Waals surface area contributed by atoms with Crippen molar-refractivity contribution in [3.63, 3.8) is 0 Å². The number of carbonyl (C=O) groups excluding carboxylic acids is 2. The summed E-state index contributed by atoms with van der Waals surface area (Å²) in [5.74, 6) is -1.19. The first kappa shape index (κ1) is 22.7. The molecule has 11 heteroatoms. The third-order valence-corrected chi connectivity index (χ3v) is 7.60. The van der Waals surface area contributed by atoms with Gasteiger partial charge in [-0.2, -0.15) is 4.31 Å². The van der Waals surface area contributed by atoms with Gasteiger partial charge in [0, 0.05) is 44.9 Å². The minimum Gasteiger partial charge on any atom is -0.408 e. The monoisotopic (exact) mass is 472 g/mol. The van der Waals surface area contributed by atoms with Gasteiger partial charge in [0.2, 0.25) is 15.9 Å². The van der Waals surface area contributed by atoms with Gasteiger partial charge in [0.25, 0.3) is 5.91 Å². The number of benzene rings is 2. The lowest BCUT2D eigenvalue weighted by Crippen LogP contribution is -2.55. The van der Waals surface area contributed by atoms with Gasteiger partial charge in [-0.3, -0.25) is 14.2 Å². The molecular weight excluding hydrogens is 448 g/mol. The van der Waals surface area contributed by atoms with Crippen LogP contribution in [0.3, 0.4) is 0 Å². The highest BCUT2D eigenvalue weighted by Crippen LogP contribution is 2.22. The zero-order chi connectivity index (χ0) is 23.8. The molecule has 2 amide bonds. The summed E-state index contributed by atoms with van der Waals surface area (Å²) in [7, 11) is -2.28. The average Bonchev–Trinajstić information content (AvgIpc) is 3.11. The Kier molecular flexibility index (Phi) is 6.09. The van der Waals surface area contributed by atoms with Crippen molar-refractivity contribution in [2.45, 2.75) is 17.9 Å². The Balaban J connectivity index is 1.40. The van der Waals surface area contributed by atoms with Crippen molar-refractivity contribution in [3.8, 4) is 0 Å². The van der Waals surface area contributed by atoms with E-state index in [4.69, 9.17) is 4.42 Å². The van der Waals surface area contributed by atoms with Gasteiger partial charge in [-0.25, -0.2) is 13.2 Å². The predicted octanol–water partition coefficient (Wildman–Crippen LogP) is 0.783. The maximum Gasteiger partial charge on any atom is 0.419 e. The van der Waals surface area contributed by atoms with Crippen molar-refractivity contribution in [2.75, 3.05) is 26.2 Å². The van der Waals surface area contributed by atoms with Crippen molar-refractivity contribution in [1.29, 1.82) is 0 Å². The maximum absolute atomic E-state index is 13.1. The van der Waals surface area contributed by atoms with Gasteiger partial charge in [0.05, 0.1) is 10.4 Å². The highest BCUT2D eigenvalue weighted by Gasteiger charge is 2.32. The molecule has 2 aromatic carbocycles. The number of fused-ring (bicyclic) bond motifs is 1. The van der Waals surface area contributed by atoms with Crippen LogP contribution in [0, 0.1) is 0 Å². The topological polar surface area (TPSA) is 122 Å². The van der Waals surface area contributed by atoms with Gasteiger partial charge in [0.15, 0.2) is 5.58 Å². The third-order valence-electron chi connectivity index (χ3n) is 5.71. The molecule has 3 aromatic rings. The second-order valence-corrected chi connectivity index (χ2v) is 9.78. The molecule has 0 unspecified atom stereocenters. The van der Waals surface area contributed by atoms with Gasteiger partial charge < -0.3 is 14.6 Å². The van der Waals surface area contributed by atoms with Crippen molar-refractivity contribution in [3.05, 3.63) is 64.6 Å². The fourth-order valence-electron chi connectivity index (χ4n) is 3.78. The van der Waals surface area contributed by atoms with Crippen LogP contribution in [0.2, 0.25) is 0 Å². The number of sulfonamides is 1. The van der Waals surface area contributed by atoms with Gasteiger partial charge in [-0.1, -0.05) is 18.2 Å². The normalized spacial score (nSPS) is 16.0. The number of carbonyl (C=O) groups is 2. The standard InChI is InChI=1S/C22H24N4O6S/c1-15(23-20(27)16-6-4-3-5-7-16)21(28)25-10-12-26(13-11-25)33(30,31)17-8-9-18-19(14-17)32-22(29)24(18)2/h3-9,14-15H,10-13H2,1-2H3,(H,23,27)/t15-/m0/s1. The molecule has 33 heavy (non-hydrogen) atoms. The second kappa shape index (κ2) is 8.83. The molecular formula is C22H24N4O6S. The quantitative estimate of drug-likeness (QED) is 0.586. The Morgan fingerprint density at radius 1 is 1.03 bits per heavy atom. The van der Waals surface area contributed by atoms with Crippen LogP contribution in [0.5, 0.6) is 0 Å². The van der Waals surface area contributed by atoms with Gasteiger partial charge >= 0.3 is 5.76 Å².